The summed E-state index contributed by atoms with van der Waals surface area (Å²) in [4.78, 5) is 20.5. The minimum atomic E-state index is -1.31. The molecule has 1 aliphatic rings. The van der Waals surface area contributed by atoms with Crippen LogP contribution in [0.15, 0.2) is 51.2 Å². The predicted octanol–water partition coefficient (Wildman–Crippen LogP) is 4.05. The van der Waals surface area contributed by atoms with Crippen LogP contribution in [0.5, 0.6) is 0 Å². The molecule has 3 rings (SSSR count). The Labute approximate surface area is 203 Å². The summed E-state index contributed by atoms with van der Waals surface area (Å²) in [5.41, 5.74) is 7.07. The van der Waals surface area contributed by atoms with Gasteiger partial charge in [-0.3, -0.25) is 4.79 Å². The van der Waals surface area contributed by atoms with E-state index >= 15 is 0 Å². The van der Waals surface area contributed by atoms with Crippen molar-refractivity contribution in [3.8, 4) is 6.07 Å². The van der Waals surface area contributed by atoms with Gasteiger partial charge in [0.15, 0.2) is 0 Å². The van der Waals surface area contributed by atoms with Gasteiger partial charge in [-0.1, -0.05) is 19.3 Å². The van der Waals surface area contributed by atoms with Crippen molar-refractivity contribution in [1.29, 1.82) is 5.26 Å². The highest BCUT2D eigenvalue weighted by atomic mass is 32.2. The van der Waals surface area contributed by atoms with E-state index in [0.717, 1.165) is 32.1 Å². The second kappa shape index (κ2) is 11.0. The van der Waals surface area contributed by atoms with Gasteiger partial charge in [-0.2, -0.15) is 5.26 Å². The molecule has 0 bridgehead atoms. The summed E-state index contributed by atoms with van der Waals surface area (Å²) in [5.74, 6) is -0.0420. The molecule has 0 radical (unpaired) electrons. The number of anilines is 1. The van der Waals surface area contributed by atoms with Crippen molar-refractivity contribution in [2.75, 3.05) is 12.4 Å². The van der Waals surface area contributed by atoms with Crippen molar-refractivity contribution in [2.45, 2.75) is 69.4 Å². The molecule has 8 nitrogen and oxygen atoms in total. The normalized spacial score (nSPS) is 20.4. The summed E-state index contributed by atoms with van der Waals surface area (Å²) in [6.45, 7) is 6.00. The van der Waals surface area contributed by atoms with E-state index in [2.05, 4.69) is 21.4 Å². The molecule has 0 aliphatic heterocycles. The Bertz CT molecular complexity index is 1140. The average Bonchev–Trinajstić information content (AvgIpc) is 3.02. The maximum Gasteiger partial charge on any atom is 0.261 e. The standard InChI is InChI=1S/C25H34N6O2S/c1-25(2,3)31(4)34(33)19-12-10-18(11-13-19)29-23(27)22-21(14-15-28-24(22)32)30-20-9-7-5-6-8-17(20)16-26/h10-15,17,20H,5-9H2,1-4H3,(H2,27,29)(H2,28,30,32)/t17?,20-,34?/m0/s1. The Morgan fingerprint density at radius 1 is 1.21 bits per heavy atom. The van der Waals surface area contributed by atoms with Gasteiger partial charge in [0.05, 0.1) is 28.3 Å². The summed E-state index contributed by atoms with van der Waals surface area (Å²) in [5, 5.41) is 13.0. The Morgan fingerprint density at radius 2 is 1.88 bits per heavy atom. The Balaban J connectivity index is 1.86. The van der Waals surface area contributed by atoms with E-state index < -0.39 is 11.0 Å². The molecule has 1 heterocycles. The van der Waals surface area contributed by atoms with Crippen molar-refractivity contribution >= 4 is 28.2 Å². The van der Waals surface area contributed by atoms with E-state index in [1.54, 1.807) is 40.8 Å². The van der Waals surface area contributed by atoms with Crippen LogP contribution in [0.3, 0.4) is 0 Å². The summed E-state index contributed by atoms with van der Waals surface area (Å²) in [6, 6.07) is 11.1. The van der Waals surface area contributed by atoms with Crippen LogP contribution in [-0.2, 0) is 11.0 Å². The molecule has 9 heteroatoms. The number of benzene rings is 1. The largest absolute Gasteiger partial charge is 0.383 e. The number of nitrogens with two attached hydrogens (primary N) is 1. The van der Waals surface area contributed by atoms with E-state index in [-0.39, 0.29) is 34.5 Å². The number of hydrogen-bond acceptors (Lipinski definition) is 5. The highest BCUT2D eigenvalue weighted by Gasteiger charge is 2.25. The SMILES string of the molecule is CN(S(=O)c1ccc(N=C(N)c2c(N[C@H]3CCCCCC3C#N)cc[nH]c2=O)cc1)C(C)(C)C. The van der Waals surface area contributed by atoms with E-state index in [1.807, 2.05) is 27.8 Å². The van der Waals surface area contributed by atoms with E-state index in [9.17, 15) is 14.3 Å². The Kier molecular flexibility index (Phi) is 8.28. The van der Waals surface area contributed by atoms with Crippen molar-refractivity contribution in [2.24, 2.45) is 16.6 Å². The maximum absolute atomic E-state index is 12.8. The number of pyridine rings is 1. The average molecular weight is 483 g/mol. The van der Waals surface area contributed by atoms with Crippen molar-refractivity contribution in [3.05, 3.63) is 52.4 Å². The Morgan fingerprint density at radius 3 is 2.53 bits per heavy atom. The van der Waals surface area contributed by atoms with Crippen molar-refractivity contribution in [1.82, 2.24) is 9.29 Å². The number of nitrogens with one attached hydrogen (secondary N) is 2. The first-order chi connectivity index (χ1) is 16.1. The molecule has 0 amide bonds. The molecule has 1 fully saturated rings. The zero-order valence-corrected chi connectivity index (χ0v) is 21.1. The molecule has 4 N–H and O–H groups in total. The third-order valence-corrected chi connectivity index (χ3v) is 7.94. The summed E-state index contributed by atoms with van der Waals surface area (Å²) < 4.78 is 14.6. The van der Waals surface area contributed by atoms with Crippen LogP contribution in [0.1, 0.15) is 58.4 Å². The number of amidine groups is 1. The highest BCUT2D eigenvalue weighted by Crippen LogP contribution is 2.27. The third kappa shape index (κ3) is 6.13. The zero-order chi connectivity index (χ0) is 24.9. The van der Waals surface area contributed by atoms with Gasteiger partial charge in [-0.25, -0.2) is 13.5 Å². The lowest BCUT2D eigenvalue weighted by molar-refractivity contribution is 0.307. The molecule has 3 atom stereocenters. The Hall–Kier alpha value is -2.96. The number of hydrogen-bond donors (Lipinski definition) is 3. The molecule has 34 heavy (non-hydrogen) atoms. The first-order valence-corrected chi connectivity index (χ1v) is 12.7. The molecule has 2 aromatic rings. The second-order valence-corrected chi connectivity index (χ2v) is 11.1. The second-order valence-electron chi connectivity index (χ2n) is 9.63. The van der Waals surface area contributed by atoms with Crippen molar-refractivity contribution < 1.29 is 4.21 Å². The number of aromatic amines is 1. The van der Waals surface area contributed by atoms with Gasteiger partial charge in [0.25, 0.3) is 5.56 Å². The van der Waals surface area contributed by atoms with Crippen LogP contribution >= 0.6 is 0 Å². The molecule has 1 saturated carbocycles. The van der Waals surface area contributed by atoms with Gasteiger partial charge in [-0.05, 0) is 63.9 Å². The fourth-order valence-corrected chi connectivity index (χ4v) is 5.11. The van der Waals surface area contributed by atoms with Gasteiger partial charge < -0.3 is 16.0 Å². The summed E-state index contributed by atoms with van der Waals surface area (Å²) in [7, 11) is 0.511. The topological polar surface area (TPSA) is 127 Å². The van der Waals surface area contributed by atoms with E-state index in [4.69, 9.17) is 5.73 Å². The quantitative estimate of drug-likeness (QED) is 0.325. The van der Waals surface area contributed by atoms with Gasteiger partial charge >= 0.3 is 0 Å². The smallest absolute Gasteiger partial charge is 0.261 e. The van der Waals surface area contributed by atoms with Crippen LogP contribution in [0.25, 0.3) is 0 Å². The lowest BCUT2D eigenvalue weighted by Crippen LogP contribution is -2.39. The summed E-state index contributed by atoms with van der Waals surface area (Å²) >= 11 is 0. The lowest BCUT2D eigenvalue weighted by Gasteiger charge is -2.30. The molecule has 0 saturated heterocycles. The molecule has 1 aliphatic carbocycles. The molecular formula is C25H34N6O2S. The minimum Gasteiger partial charge on any atom is -0.383 e. The third-order valence-electron chi connectivity index (χ3n) is 6.22. The molecular weight excluding hydrogens is 448 g/mol. The molecule has 182 valence electrons. The minimum absolute atomic E-state index is 0.0464. The molecule has 2 unspecified atom stereocenters. The van der Waals surface area contributed by atoms with E-state index in [0.29, 0.717) is 16.3 Å². The van der Waals surface area contributed by atoms with Gasteiger partial charge in [0.1, 0.15) is 22.4 Å². The summed E-state index contributed by atoms with van der Waals surface area (Å²) in [6.07, 6.45) is 6.45. The number of H-pyrrole nitrogens is 1. The van der Waals surface area contributed by atoms with Gasteiger partial charge in [-0.15, -0.1) is 0 Å². The maximum atomic E-state index is 12.8. The predicted molar refractivity (Wildman–Crippen MR) is 137 cm³/mol. The fraction of sp³-hybridized carbons (Fsp3) is 0.480. The van der Waals surface area contributed by atoms with Crippen LogP contribution in [0, 0.1) is 17.2 Å². The number of nitrogens with zero attached hydrogens (tertiary/aromatic N) is 3. The van der Waals surface area contributed by atoms with Gasteiger partial charge in [0.2, 0.25) is 0 Å². The number of rotatable bonds is 6. The van der Waals surface area contributed by atoms with Gasteiger partial charge in [0, 0.05) is 24.8 Å². The van der Waals surface area contributed by atoms with Crippen LogP contribution in [-0.4, -0.2) is 38.0 Å². The van der Waals surface area contributed by atoms with Crippen LogP contribution in [0.2, 0.25) is 0 Å². The zero-order valence-electron chi connectivity index (χ0n) is 20.3. The van der Waals surface area contributed by atoms with Crippen LogP contribution in [0.4, 0.5) is 11.4 Å². The molecule has 1 aromatic heterocycles. The number of nitriles is 1. The van der Waals surface area contributed by atoms with Crippen molar-refractivity contribution in [3.63, 3.8) is 0 Å². The molecule has 1 aromatic carbocycles. The number of aromatic nitrogens is 1. The molecule has 0 spiro atoms. The highest BCUT2D eigenvalue weighted by molar-refractivity contribution is 7.82. The fourth-order valence-electron chi connectivity index (χ4n) is 3.93. The lowest BCUT2D eigenvalue weighted by atomic mass is 9.96. The van der Waals surface area contributed by atoms with Crippen LogP contribution < -0.4 is 16.6 Å². The monoisotopic (exact) mass is 482 g/mol. The first-order valence-electron chi connectivity index (χ1n) is 11.6. The van der Waals surface area contributed by atoms with E-state index in [1.165, 1.54) is 0 Å². The number of aliphatic imine (C=N–C) groups is 1. The first kappa shape index (κ1) is 25.7.